The first-order valence-electron chi connectivity index (χ1n) is 12.4. The highest BCUT2D eigenvalue weighted by Gasteiger charge is 2.10. The van der Waals surface area contributed by atoms with Gasteiger partial charge in [0.25, 0.3) is 0 Å². The molecule has 35 heavy (non-hydrogen) atoms. The minimum Gasteiger partial charge on any atom is -0.494 e. The molecule has 0 spiro atoms. The molecule has 0 radical (unpaired) electrons. The molecule has 0 amide bonds. The summed E-state index contributed by atoms with van der Waals surface area (Å²) in [6, 6.07) is 21.6. The molecule has 3 aromatic rings. The van der Waals surface area contributed by atoms with Crippen LogP contribution in [0.2, 0.25) is 0 Å². The van der Waals surface area contributed by atoms with Gasteiger partial charge in [-0.2, -0.15) is 0 Å². The Morgan fingerprint density at radius 3 is 1.74 bits per heavy atom. The van der Waals surface area contributed by atoms with E-state index in [1.807, 2.05) is 24.3 Å². The summed E-state index contributed by atoms with van der Waals surface area (Å²) in [4.78, 5) is 24.7. The third kappa shape index (κ3) is 8.29. The molecule has 0 aliphatic carbocycles. The first-order valence-corrected chi connectivity index (χ1v) is 12.4. The van der Waals surface area contributed by atoms with Gasteiger partial charge >= 0.3 is 11.9 Å². The van der Waals surface area contributed by atoms with Gasteiger partial charge in [0.1, 0.15) is 11.5 Å². The maximum absolute atomic E-state index is 12.5. The van der Waals surface area contributed by atoms with Gasteiger partial charge in [-0.1, -0.05) is 63.8 Å². The van der Waals surface area contributed by atoms with E-state index in [-0.39, 0.29) is 5.97 Å². The molecule has 0 bridgehead atoms. The van der Waals surface area contributed by atoms with Gasteiger partial charge in [-0.3, -0.25) is 0 Å². The van der Waals surface area contributed by atoms with E-state index in [0.29, 0.717) is 30.1 Å². The van der Waals surface area contributed by atoms with E-state index in [1.54, 1.807) is 48.5 Å². The van der Waals surface area contributed by atoms with Crippen molar-refractivity contribution in [2.75, 3.05) is 13.2 Å². The van der Waals surface area contributed by atoms with Gasteiger partial charge in [-0.25, -0.2) is 9.59 Å². The smallest absolute Gasteiger partial charge is 0.343 e. The number of carbonyl (C=O) groups excluding carboxylic acids is 2. The predicted molar refractivity (Wildman–Crippen MR) is 138 cm³/mol. The van der Waals surface area contributed by atoms with E-state index in [9.17, 15) is 9.59 Å². The van der Waals surface area contributed by atoms with E-state index in [0.717, 1.165) is 55.4 Å². The molecule has 0 aromatic heterocycles. The number of unbranched alkanes of at least 4 members (excludes halogenated alkanes) is 4. The first-order chi connectivity index (χ1) is 17.1. The van der Waals surface area contributed by atoms with Gasteiger partial charge in [-0.05, 0) is 72.5 Å². The molecule has 3 aromatic carbocycles. The number of esters is 2. The number of hydrogen-bond donors (Lipinski definition) is 0. The van der Waals surface area contributed by atoms with Crippen molar-refractivity contribution < 1.29 is 23.8 Å². The molecule has 0 unspecified atom stereocenters. The Bertz CT molecular complexity index is 1050. The van der Waals surface area contributed by atoms with Gasteiger partial charge in [0.15, 0.2) is 0 Å². The zero-order valence-corrected chi connectivity index (χ0v) is 20.6. The highest BCUT2D eigenvalue weighted by Crippen LogP contribution is 2.24. The molecule has 0 N–H and O–H groups in total. The largest absolute Gasteiger partial charge is 0.494 e. The summed E-state index contributed by atoms with van der Waals surface area (Å²) in [6.07, 6.45) is 6.35. The van der Waals surface area contributed by atoms with Crippen LogP contribution in [0, 0.1) is 0 Å². The SMILES string of the molecule is CCCCCCOC(=O)c1ccc(-c2ccc(OC(=O)c3ccc(OCCCC)cc3)cc2)cc1. The van der Waals surface area contributed by atoms with Crippen LogP contribution >= 0.6 is 0 Å². The fourth-order valence-corrected chi connectivity index (χ4v) is 3.48. The third-order valence-corrected chi connectivity index (χ3v) is 5.61. The van der Waals surface area contributed by atoms with Crippen LogP contribution in [-0.2, 0) is 4.74 Å². The van der Waals surface area contributed by atoms with Gasteiger partial charge in [0.2, 0.25) is 0 Å². The normalized spacial score (nSPS) is 10.6. The average Bonchev–Trinajstić information content (AvgIpc) is 2.89. The van der Waals surface area contributed by atoms with Crippen molar-refractivity contribution in [1.82, 2.24) is 0 Å². The summed E-state index contributed by atoms with van der Waals surface area (Å²) in [7, 11) is 0. The molecule has 0 aliphatic heterocycles. The van der Waals surface area contributed by atoms with Crippen molar-refractivity contribution in [3.63, 3.8) is 0 Å². The van der Waals surface area contributed by atoms with Crippen LogP contribution in [0.1, 0.15) is 73.1 Å². The summed E-state index contributed by atoms with van der Waals surface area (Å²) < 4.78 is 16.5. The van der Waals surface area contributed by atoms with Crippen LogP contribution in [0.25, 0.3) is 11.1 Å². The maximum atomic E-state index is 12.5. The lowest BCUT2D eigenvalue weighted by Crippen LogP contribution is -2.08. The first kappa shape index (κ1) is 26.0. The van der Waals surface area contributed by atoms with Crippen LogP contribution in [0.15, 0.2) is 72.8 Å². The summed E-state index contributed by atoms with van der Waals surface area (Å²) in [5, 5.41) is 0. The Morgan fingerprint density at radius 1 is 0.571 bits per heavy atom. The monoisotopic (exact) mass is 474 g/mol. The molecule has 5 nitrogen and oxygen atoms in total. The van der Waals surface area contributed by atoms with Crippen LogP contribution in [0.5, 0.6) is 11.5 Å². The quantitative estimate of drug-likeness (QED) is 0.146. The molecular formula is C30H34O5. The number of hydrogen-bond acceptors (Lipinski definition) is 5. The minimum atomic E-state index is -0.421. The molecule has 0 aliphatic rings. The molecule has 5 heteroatoms. The minimum absolute atomic E-state index is 0.295. The second-order valence-corrected chi connectivity index (χ2v) is 8.41. The van der Waals surface area contributed by atoms with Gasteiger partial charge in [0, 0.05) is 0 Å². The zero-order valence-electron chi connectivity index (χ0n) is 20.6. The average molecular weight is 475 g/mol. The number of ether oxygens (including phenoxy) is 3. The lowest BCUT2D eigenvalue weighted by Gasteiger charge is -2.08. The Labute approximate surface area is 208 Å². The van der Waals surface area contributed by atoms with Crippen molar-refractivity contribution in [3.8, 4) is 22.6 Å². The summed E-state index contributed by atoms with van der Waals surface area (Å²) in [5.74, 6) is 0.488. The Morgan fingerprint density at radius 2 is 1.11 bits per heavy atom. The predicted octanol–water partition coefficient (Wildman–Crippen LogP) is 7.49. The van der Waals surface area contributed by atoms with Gasteiger partial charge < -0.3 is 14.2 Å². The zero-order chi connectivity index (χ0) is 24.9. The molecule has 0 saturated heterocycles. The number of benzene rings is 3. The van der Waals surface area contributed by atoms with E-state index in [2.05, 4.69) is 13.8 Å². The highest BCUT2D eigenvalue weighted by molar-refractivity contribution is 5.91. The van der Waals surface area contributed by atoms with Gasteiger partial charge in [-0.15, -0.1) is 0 Å². The Balaban J connectivity index is 1.52. The Kier molecular flexibility index (Phi) is 10.4. The second-order valence-electron chi connectivity index (χ2n) is 8.41. The fraction of sp³-hybridized carbons (Fsp3) is 0.333. The summed E-state index contributed by atoms with van der Waals surface area (Å²) in [6.45, 7) is 5.38. The topological polar surface area (TPSA) is 61.8 Å². The van der Waals surface area contributed by atoms with Crippen LogP contribution in [0.3, 0.4) is 0 Å². The second kappa shape index (κ2) is 14.0. The summed E-state index contributed by atoms with van der Waals surface area (Å²) >= 11 is 0. The van der Waals surface area contributed by atoms with E-state index in [4.69, 9.17) is 14.2 Å². The Hall–Kier alpha value is -3.60. The van der Waals surface area contributed by atoms with Crippen molar-refractivity contribution >= 4 is 11.9 Å². The standard InChI is InChI=1S/C30H34O5/c1-3-5-7-8-22-34-29(31)25-11-9-23(10-12-25)24-13-19-28(20-14-24)35-30(32)26-15-17-27(18-16-26)33-21-6-4-2/h9-20H,3-8,21-22H2,1-2H3. The number of carbonyl (C=O) groups is 2. The van der Waals surface area contributed by atoms with Gasteiger partial charge in [0.05, 0.1) is 24.3 Å². The van der Waals surface area contributed by atoms with Crippen LogP contribution < -0.4 is 9.47 Å². The molecule has 3 rings (SSSR count). The van der Waals surface area contributed by atoms with Crippen molar-refractivity contribution in [1.29, 1.82) is 0 Å². The highest BCUT2D eigenvalue weighted by atomic mass is 16.5. The number of rotatable bonds is 13. The molecule has 0 atom stereocenters. The molecule has 0 heterocycles. The van der Waals surface area contributed by atoms with E-state index in [1.165, 1.54) is 0 Å². The lowest BCUT2D eigenvalue weighted by molar-refractivity contribution is 0.0497. The van der Waals surface area contributed by atoms with Crippen LogP contribution in [0.4, 0.5) is 0 Å². The molecule has 184 valence electrons. The third-order valence-electron chi connectivity index (χ3n) is 5.61. The molecule has 0 saturated carbocycles. The molecule has 0 fully saturated rings. The lowest BCUT2D eigenvalue weighted by atomic mass is 10.0. The molecular weight excluding hydrogens is 440 g/mol. The van der Waals surface area contributed by atoms with E-state index >= 15 is 0 Å². The van der Waals surface area contributed by atoms with Crippen LogP contribution in [-0.4, -0.2) is 25.2 Å². The van der Waals surface area contributed by atoms with Crippen molar-refractivity contribution in [2.24, 2.45) is 0 Å². The maximum Gasteiger partial charge on any atom is 0.343 e. The summed E-state index contributed by atoms with van der Waals surface area (Å²) in [5.41, 5.74) is 2.92. The van der Waals surface area contributed by atoms with E-state index < -0.39 is 5.97 Å². The fourth-order valence-electron chi connectivity index (χ4n) is 3.48. The van der Waals surface area contributed by atoms with Crippen molar-refractivity contribution in [3.05, 3.63) is 83.9 Å². The van der Waals surface area contributed by atoms with Crippen molar-refractivity contribution in [2.45, 2.75) is 52.4 Å².